The summed E-state index contributed by atoms with van der Waals surface area (Å²) in [5, 5.41) is 11.1. The molecule has 0 saturated heterocycles. The van der Waals surface area contributed by atoms with Gasteiger partial charge < -0.3 is 11.1 Å². The van der Waals surface area contributed by atoms with E-state index in [2.05, 4.69) is 15.3 Å². The highest BCUT2D eigenvalue weighted by Crippen LogP contribution is 2.38. The van der Waals surface area contributed by atoms with E-state index in [1.807, 2.05) is 25.1 Å². The summed E-state index contributed by atoms with van der Waals surface area (Å²) in [5.41, 5.74) is 9.09. The molecule has 0 unspecified atom stereocenters. The highest BCUT2D eigenvalue weighted by Gasteiger charge is 2.20. The van der Waals surface area contributed by atoms with Gasteiger partial charge in [-0.3, -0.25) is 10.2 Å². The fraction of sp³-hybridized carbons (Fsp3) is 0.105. The number of amidine groups is 1. The van der Waals surface area contributed by atoms with Crippen LogP contribution in [0.25, 0.3) is 21.8 Å². The lowest BCUT2D eigenvalue weighted by Crippen LogP contribution is -2.12. The van der Waals surface area contributed by atoms with E-state index in [1.54, 1.807) is 18.3 Å². The molecule has 2 aromatic heterocycles. The minimum atomic E-state index is -0.207. The Morgan fingerprint density at radius 2 is 2.11 bits per heavy atom. The Labute approximate surface area is 170 Å². The number of carbonyl (C=O) groups is 1. The van der Waals surface area contributed by atoms with Crippen molar-refractivity contribution >= 4 is 46.8 Å². The molecular formula is C19H17ClN6OS. The first-order valence-corrected chi connectivity index (χ1v) is 9.43. The molecule has 0 saturated carbocycles. The number of aromatic nitrogens is 2. The smallest absolute Gasteiger partial charge is 0.222 e. The number of rotatable bonds is 5. The number of pyridine rings is 1. The number of halogens is 1. The van der Waals surface area contributed by atoms with Gasteiger partial charge in [0.25, 0.3) is 0 Å². The van der Waals surface area contributed by atoms with Crippen molar-refractivity contribution in [3.63, 3.8) is 0 Å². The van der Waals surface area contributed by atoms with Crippen molar-refractivity contribution in [1.82, 2.24) is 9.97 Å². The van der Waals surface area contributed by atoms with Crippen molar-refractivity contribution in [3.8, 4) is 21.8 Å². The number of aliphatic imine (C=N–C) groups is 1. The molecular weight excluding hydrogens is 396 g/mol. The van der Waals surface area contributed by atoms with Crippen LogP contribution in [0.2, 0.25) is 5.02 Å². The van der Waals surface area contributed by atoms with Crippen molar-refractivity contribution in [2.24, 2.45) is 10.7 Å². The molecule has 28 heavy (non-hydrogen) atoms. The molecule has 3 aromatic rings. The topological polar surface area (TPSA) is 117 Å². The molecule has 2 heterocycles. The van der Waals surface area contributed by atoms with E-state index in [-0.39, 0.29) is 11.7 Å². The number of amides is 1. The maximum Gasteiger partial charge on any atom is 0.222 e. The molecule has 1 aromatic carbocycles. The number of thiazole rings is 1. The molecule has 0 bridgehead atoms. The van der Waals surface area contributed by atoms with E-state index in [0.29, 0.717) is 26.4 Å². The summed E-state index contributed by atoms with van der Waals surface area (Å²) in [6, 6.07) is 9.08. The number of carbonyl (C=O) groups excluding carboxylic acids is 1. The van der Waals surface area contributed by atoms with Crippen LogP contribution < -0.4 is 11.1 Å². The number of nitrogens with zero attached hydrogens (tertiary/aromatic N) is 3. The van der Waals surface area contributed by atoms with Gasteiger partial charge in [0.1, 0.15) is 23.0 Å². The molecule has 0 fully saturated rings. The van der Waals surface area contributed by atoms with Crippen LogP contribution in [0.4, 0.5) is 5.82 Å². The SMILES string of the molecule is CC(=O)Nc1cc(-c2nc(-c3ccccc3Cl)c(C(N)=NC=N)s2)c(C)cn1. The van der Waals surface area contributed by atoms with Crippen molar-refractivity contribution in [2.45, 2.75) is 13.8 Å². The summed E-state index contributed by atoms with van der Waals surface area (Å²) >= 11 is 7.70. The third kappa shape index (κ3) is 4.08. The number of hydrogen-bond donors (Lipinski definition) is 3. The minimum absolute atomic E-state index is 0.183. The number of hydrogen-bond acceptors (Lipinski definition) is 5. The Kier molecular flexibility index (Phi) is 5.81. The molecule has 3 rings (SSSR count). The van der Waals surface area contributed by atoms with E-state index >= 15 is 0 Å². The van der Waals surface area contributed by atoms with Gasteiger partial charge >= 0.3 is 0 Å². The van der Waals surface area contributed by atoms with Crippen molar-refractivity contribution in [2.75, 3.05) is 5.32 Å². The summed E-state index contributed by atoms with van der Waals surface area (Å²) in [4.78, 5) is 24.8. The van der Waals surface area contributed by atoms with Crippen LogP contribution >= 0.6 is 22.9 Å². The third-order valence-corrected chi connectivity index (χ3v) is 5.27. The predicted octanol–water partition coefficient (Wildman–Crippen LogP) is 4.10. The molecule has 7 nitrogen and oxygen atoms in total. The average Bonchev–Trinajstić information content (AvgIpc) is 3.08. The number of nitrogens with one attached hydrogen (secondary N) is 2. The quantitative estimate of drug-likeness (QED) is 0.431. The standard InChI is InChI=1S/C19H17ClN6OS/c1-10-8-23-15(25-11(2)27)7-13(10)19-26-16(12-5-3-4-6-14(12)20)17(28-19)18(22)24-9-21/h3-9H,1-2H3,(H3,21,22,24)(H,23,25,27). The number of aryl methyl sites for hydroxylation is 1. The van der Waals surface area contributed by atoms with Gasteiger partial charge in [-0.05, 0) is 24.6 Å². The fourth-order valence-electron chi connectivity index (χ4n) is 2.58. The van der Waals surface area contributed by atoms with E-state index in [1.165, 1.54) is 18.3 Å². The van der Waals surface area contributed by atoms with Gasteiger partial charge in [0.2, 0.25) is 5.91 Å². The molecule has 4 N–H and O–H groups in total. The molecule has 142 valence electrons. The molecule has 9 heteroatoms. The maximum absolute atomic E-state index is 11.4. The first kappa shape index (κ1) is 19.7. The van der Waals surface area contributed by atoms with Crippen LogP contribution in [-0.2, 0) is 4.79 Å². The zero-order valence-electron chi connectivity index (χ0n) is 15.2. The lowest BCUT2D eigenvalue weighted by Gasteiger charge is -2.06. The maximum atomic E-state index is 11.4. The average molecular weight is 413 g/mol. The van der Waals surface area contributed by atoms with Crippen molar-refractivity contribution in [3.05, 3.63) is 52.0 Å². The second-order valence-electron chi connectivity index (χ2n) is 5.89. The monoisotopic (exact) mass is 412 g/mol. The van der Waals surface area contributed by atoms with Gasteiger partial charge in [-0.2, -0.15) is 0 Å². The Hall–Kier alpha value is -3.10. The second-order valence-corrected chi connectivity index (χ2v) is 7.29. The zero-order chi connectivity index (χ0) is 20.3. The van der Waals surface area contributed by atoms with Gasteiger partial charge in [0.15, 0.2) is 0 Å². The van der Waals surface area contributed by atoms with Crippen LogP contribution in [0.15, 0.2) is 41.5 Å². The Morgan fingerprint density at radius 1 is 1.36 bits per heavy atom. The lowest BCUT2D eigenvalue weighted by molar-refractivity contribution is -0.114. The summed E-state index contributed by atoms with van der Waals surface area (Å²) < 4.78 is 0. The largest absolute Gasteiger partial charge is 0.382 e. The van der Waals surface area contributed by atoms with E-state index in [4.69, 9.17) is 27.7 Å². The van der Waals surface area contributed by atoms with Crippen LogP contribution in [0.3, 0.4) is 0 Å². The first-order valence-electron chi connectivity index (χ1n) is 8.23. The van der Waals surface area contributed by atoms with Gasteiger partial charge in [-0.15, -0.1) is 11.3 Å². The highest BCUT2D eigenvalue weighted by molar-refractivity contribution is 7.17. The molecule has 0 aliphatic heterocycles. The highest BCUT2D eigenvalue weighted by atomic mass is 35.5. The lowest BCUT2D eigenvalue weighted by atomic mass is 10.1. The second kappa shape index (κ2) is 8.28. The summed E-state index contributed by atoms with van der Waals surface area (Å²) in [6.07, 6.45) is 2.56. The normalized spacial score (nSPS) is 11.3. The molecule has 0 atom stereocenters. The van der Waals surface area contributed by atoms with Crippen molar-refractivity contribution in [1.29, 1.82) is 5.41 Å². The van der Waals surface area contributed by atoms with Crippen LogP contribution in [0.5, 0.6) is 0 Å². The van der Waals surface area contributed by atoms with Crippen molar-refractivity contribution < 1.29 is 4.79 Å². The third-order valence-electron chi connectivity index (χ3n) is 3.83. The number of nitrogens with two attached hydrogens (primary N) is 1. The Balaban J connectivity index is 2.20. The van der Waals surface area contributed by atoms with E-state index in [9.17, 15) is 4.79 Å². The molecule has 1 amide bonds. The van der Waals surface area contributed by atoms with Crippen LogP contribution in [0, 0.1) is 12.3 Å². The zero-order valence-corrected chi connectivity index (χ0v) is 16.7. The fourth-order valence-corrected chi connectivity index (χ4v) is 3.87. The van der Waals surface area contributed by atoms with Crippen LogP contribution in [0.1, 0.15) is 17.4 Å². The Morgan fingerprint density at radius 3 is 2.79 bits per heavy atom. The number of anilines is 1. The predicted molar refractivity (Wildman–Crippen MR) is 114 cm³/mol. The first-order chi connectivity index (χ1) is 13.4. The molecule has 0 aliphatic carbocycles. The van der Waals surface area contributed by atoms with E-state index < -0.39 is 0 Å². The Bertz CT molecular complexity index is 1090. The minimum Gasteiger partial charge on any atom is -0.382 e. The number of benzene rings is 1. The summed E-state index contributed by atoms with van der Waals surface area (Å²) in [7, 11) is 0. The van der Waals surface area contributed by atoms with Gasteiger partial charge in [-0.1, -0.05) is 29.8 Å². The van der Waals surface area contributed by atoms with Crippen LogP contribution in [-0.4, -0.2) is 28.0 Å². The molecule has 0 radical (unpaired) electrons. The van der Waals surface area contributed by atoms with Gasteiger partial charge in [0, 0.05) is 24.2 Å². The molecule has 0 aliphatic rings. The molecule has 0 spiro atoms. The van der Waals surface area contributed by atoms with Gasteiger partial charge in [-0.25, -0.2) is 15.0 Å². The summed E-state index contributed by atoms with van der Waals surface area (Å²) in [5.74, 6) is 0.411. The van der Waals surface area contributed by atoms with E-state index in [0.717, 1.165) is 23.0 Å². The summed E-state index contributed by atoms with van der Waals surface area (Å²) in [6.45, 7) is 3.33. The van der Waals surface area contributed by atoms with Gasteiger partial charge in [0.05, 0.1) is 15.6 Å².